The maximum atomic E-state index is 6.23. The molecule has 0 bridgehead atoms. The highest BCUT2D eigenvalue weighted by Gasteiger charge is 2.41. The molecule has 8 heteroatoms. The fourth-order valence-electron chi connectivity index (χ4n) is 4.86. The summed E-state index contributed by atoms with van der Waals surface area (Å²) in [5, 5.41) is 4.36. The van der Waals surface area contributed by atoms with Crippen LogP contribution in [0.15, 0.2) is 12.4 Å². The predicted molar refractivity (Wildman–Crippen MR) is 101 cm³/mol. The maximum absolute atomic E-state index is 6.23. The Bertz CT molecular complexity index is 789. The Morgan fingerprint density at radius 3 is 2.74 bits per heavy atom. The van der Waals surface area contributed by atoms with Crippen molar-refractivity contribution in [1.29, 1.82) is 0 Å². The molecule has 5 heterocycles. The molecule has 146 valence electrons. The third-order valence-corrected chi connectivity index (χ3v) is 6.39. The van der Waals surface area contributed by atoms with Crippen molar-refractivity contribution < 1.29 is 9.47 Å². The van der Waals surface area contributed by atoms with Crippen molar-refractivity contribution in [3.63, 3.8) is 0 Å². The molecule has 8 nitrogen and oxygen atoms in total. The minimum absolute atomic E-state index is 0.0629. The molecule has 0 unspecified atom stereocenters. The van der Waals surface area contributed by atoms with Crippen molar-refractivity contribution >= 4 is 11.6 Å². The van der Waals surface area contributed by atoms with Crippen LogP contribution in [0.25, 0.3) is 5.78 Å². The molecule has 0 saturated carbocycles. The van der Waals surface area contributed by atoms with E-state index in [1.54, 1.807) is 6.33 Å². The monoisotopic (exact) mass is 372 g/mol. The fraction of sp³-hybridized carbons (Fsp3) is 0.737. The van der Waals surface area contributed by atoms with Gasteiger partial charge in [-0.1, -0.05) is 0 Å². The highest BCUT2D eigenvalue weighted by Crippen LogP contribution is 2.36. The van der Waals surface area contributed by atoms with Crippen LogP contribution >= 0.6 is 0 Å². The molecular formula is C19H28N6O2. The van der Waals surface area contributed by atoms with Gasteiger partial charge in [0, 0.05) is 63.8 Å². The molecule has 3 saturated heterocycles. The van der Waals surface area contributed by atoms with Gasteiger partial charge in [-0.25, -0.2) is 4.98 Å². The van der Waals surface area contributed by atoms with Gasteiger partial charge in [0.05, 0.1) is 5.60 Å². The zero-order chi connectivity index (χ0) is 18.3. The van der Waals surface area contributed by atoms with Crippen molar-refractivity contribution in [3.8, 4) is 0 Å². The van der Waals surface area contributed by atoms with Crippen LogP contribution in [0.5, 0.6) is 0 Å². The van der Waals surface area contributed by atoms with Crippen LogP contribution in [0.1, 0.15) is 31.4 Å². The Labute approximate surface area is 159 Å². The van der Waals surface area contributed by atoms with Crippen LogP contribution in [0, 0.1) is 6.92 Å². The smallest absolute Gasteiger partial charge is 0.254 e. The van der Waals surface area contributed by atoms with Gasteiger partial charge in [0.15, 0.2) is 0 Å². The minimum atomic E-state index is 0.0629. The first-order valence-electron chi connectivity index (χ1n) is 10.1. The van der Waals surface area contributed by atoms with Crippen molar-refractivity contribution in [1.82, 2.24) is 24.5 Å². The van der Waals surface area contributed by atoms with E-state index < -0.39 is 0 Å². The summed E-state index contributed by atoms with van der Waals surface area (Å²) in [4.78, 5) is 13.8. The molecule has 27 heavy (non-hydrogen) atoms. The van der Waals surface area contributed by atoms with Gasteiger partial charge in [-0.3, -0.25) is 4.90 Å². The molecule has 0 radical (unpaired) electrons. The second-order valence-electron chi connectivity index (χ2n) is 8.04. The third-order valence-electron chi connectivity index (χ3n) is 6.39. The summed E-state index contributed by atoms with van der Waals surface area (Å²) >= 11 is 0. The van der Waals surface area contributed by atoms with Crippen molar-refractivity contribution in [2.24, 2.45) is 0 Å². The van der Waals surface area contributed by atoms with E-state index in [0.29, 0.717) is 11.8 Å². The van der Waals surface area contributed by atoms with Crippen LogP contribution in [0.2, 0.25) is 0 Å². The molecule has 5 rings (SSSR count). The number of piperazine rings is 1. The van der Waals surface area contributed by atoms with E-state index in [2.05, 4.69) is 30.9 Å². The van der Waals surface area contributed by atoms with Crippen LogP contribution in [-0.4, -0.2) is 82.1 Å². The first-order valence-corrected chi connectivity index (χ1v) is 10.1. The lowest BCUT2D eigenvalue weighted by molar-refractivity contribution is -0.151. The molecule has 1 spiro atoms. The van der Waals surface area contributed by atoms with E-state index in [4.69, 9.17) is 9.47 Å². The molecule has 0 aliphatic carbocycles. The first-order chi connectivity index (χ1) is 13.2. The molecular weight excluding hydrogens is 344 g/mol. The fourth-order valence-corrected chi connectivity index (χ4v) is 4.86. The SMILES string of the molecule is Cc1cc(N2CCN([C@@H]3CCOC4(CCOCC4)C3)CC2)n2ncnc2n1. The predicted octanol–water partition coefficient (Wildman–Crippen LogP) is 1.28. The van der Waals surface area contributed by atoms with E-state index in [1.165, 1.54) is 0 Å². The van der Waals surface area contributed by atoms with Gasteiger partial charge in [-0.2, -0.15) is 14.6 Å². The topological polar surface area (TPSA) is 68.0 Å². The number of rotatable bonds is 2. The van der Waals surface area contributed by atoms with Gasteiger partial charge < -0.3 is 14.4 Å². The number of anilines is 1. The summed E-state index contributed by atoms with van der Waals surface area (Å²) < 4.78 is 13.6. The highest BCUT2D eigenvalue weighted by molar-refractivity contribution is 5.47. The number of aromatic nitrogens is 4. The third kappa shape index (κ3) is 3.30. The summed E-state index contributed by atoms with van der Waals surface area (Å²) in [6, 6.07) is 2.74. The summed E-state index contributed by atoms with van der Waals surface area (Å²) in [5.74, 6) is 1.78. The van der Waals surface area contributed by atoms with Crippen LogP contribution in [0.3, 0.4) is 0 Å². The lowest BCUT2D eigenvalue weighted by atomic mass is 9.83. The summed E-state index contributed by atoms with van der Waals surface area (Å²) in [6.45, 7) is 8.75. The van der Waals surface area contributed by atoms with Crippen molar-refractivity contribution in [2.45, 2.75) is 44.2 Å². The van der Waals surface area contributed by atoms with Crippen molar-refractivity contribution in [3.05, 3.63) is 18.1 Å². The average molecular weight is 372 g/mol. The lowest BCUT2D eigenvalue weighted by Crippen LogP contribution is -2.56. The molecule has 0 N–H and O–H groups in total. The Kier molecular flexibility index (Phi) is 4.49. The molecule has 3 fully saturated rings. The molecule has 2 aromatic heterocycles. The second kappa shape index (κ2) is 7.00. The number of aryl methyl sites for hydroxylation is 1. The zero-order valence-corrected chi connectivity index (χ0v) is 16.0. The molecule has 3 aliphatic rings. The Morgan fingerprint density at radius 2 is 1.93 bits per heavy atom. The largest absolute Gasteiger partial charge is 0.381 e. The Hall–Kier alpha value is -1.77. The summed E-state index contributed by atoms with van der Waals surface area (Å²) in [5.41, 5.74) is 1.05. The van der Waals surface area contributed by atoms with Crippen LogP contribution in [-0.2, 0) is 9.47 Å². The summed E-state index contributed by atoms with van der Waals surface area (Å²) in [7, 11) is 0. The van der Waals surface area contributed by atoms with E-state index in [1.807, 2.05) is 11.4 Å². The molecule has 1 atom stereocenters. The molecule has 3 aliphatic heterocycles. The van der Waals surface area contributed by atoms with Crippen LogP contribution in [0.4, 0.5) is 5.82 Å². The van der Waals surface area contributed by atoms with E-state index in [9.17, 15) is 0 Å². The molecule has 2 aromatic rings. The van der Waals surface area contributed by atoms with Gasteiger partial charge in [0.2, 0.25) is 0 Å². The average Bonchev–Trinajstić information content (AvgIpc) is 3.16. The standard InChI is InChI=1S/C19H28N6O2/c1-15-12-17(25-18(22-15)20-14-21-25)24-7-5-23(6-8-24)16-2-9-27-19(13-16)3-10-26-11-4-19/h12,14,16H,2-11,13H2,1H3/t16-/m1/s1. The van der Waals surface area contributed by atoms with Gasteiger partial charge >= 0.3 is 0 Å². The second-order valence-corrected chi connectivity index (χ2v) is 8.04. The zero-order valence-electron chi connectivity index (χ0n) is 16.0. The summed E-state index contributed by atoms with van der Waals surface area (Å²) in [6.07, 6.45) is 5.97. The normalized spacial score (nSPS) is 26.7. The number of fused-ring (bicyclic) bond motifs is 1. The number of hydrogen-bond acceptors (Lipinski definition) is 7. The van der Waals surface area contributed by atoms with Crippen LogP contribution < -0.4 is 4.90 Å². The van der Waals surface area contributed by atoms with Gasteiger partial charge in [0.1, 0.15) is 12.1 Å². The van der Waals surface area contributed by atoms with E-state index in [-0.39, 0.29) is 5.60 Å². The Morgan fingerprint density at radius 1 is 1.11 bits per heavy atom. The van der Waals surface area contributed by atoms with Gasteiger partial charge in [-0.15, -0.1) is 0 Å². The maximum Gasteiger partial charge on any atom is 0.254 e. The molecule has 0 aromatic carbocycles. The Balaban J connectivity index is 1.26. The van der Waals surface area contributed by atoms with E-state index in [0.717, 1.165) is 83.2 Å². The number of hydrogen-bond donors (Lipinski definition) is 0. The number of ether oxygens (including phenoxy) is 2. The lowest BCUT2D eigenvalue weighted by Gasteiger charge is -2.48. The highest BCUT2D eigenvalue weighted by atomic mass is 16.5. The molecule has 0 amide bonds. The van der Waals surface area contributed by atoms with Gasteiger partial charge in [-0.05, 0) is 32.6 Å². The quantitative estimate of drug-likeness (QED) is 0.787. The van der Waals surface area contributed by atoms with E-state index >= 15 is 0 Å². The van der Waals surface area contributed by atoms with Crippen molar-refractivity contribution in [2.75, 3.05) is 50.9 Å². The van der Waals surface area contributed by atoms with Gasteiger partial charge in [0.25, 0.3) is 5.78 Å². The number of nitrogens with zero attached hydrogens (tertiary/aromatic N) is 6. The minimum Gasteiger partial charge on any atom is -0.381 e. The first kappa shape index (κ1) is 17.3.